The summed E-state index contributed by atoms with van der Waals surface area (Å²) in [7, 11) is -3.27. The van der Waals surface area contributed by atoms with Crippen LogP contribution in [0.4, 0.5) is 4.39 Å². The molecule has 132 valence electrons. The summed E-state index contributed by atoms with van der Waals surface area (Å²) >= 11 is 0. The molecule has 4 rings (SSSR count). The SMILES string of the molecule is CC12OC(=O)C=C1c1cc(F)ccc1/C2=C\c1ccc(S([14CH3])(=O)=O)cc1. The second kappa shape index (κ2) is 5.38. The Morgan fingerprint density at radius 2 is 1.81 bits per heavy atom. The minimum Gasteiger partial charge on any atom is -0.446 e. The van der Waals surface area contributed by atoms with Gasteiger partial charge < -0.3 is 4.74 Å². The first-order chi connectivity index (χ1) is 12.2. The molecule has 0 N–H and O–H groups in total. The minimum atomic E-state index is -3.27. The summed E-state index contributed by atoms with van der Waals surface area (Å²) in [5.74, 6) is -0.846. The molecule has 0 saturated heterocycles. The molecule has 26 heavy (non-hydrogen) atoms. The Bertz CT molecular complexity index is 1110. The summed E-state index contributed by atoms with van der Waals surface area (Å²) in [4.78, 5) is 12.1. The lowest BCUT2D eigenvalue weighted by molar-refractivity contribution is -0.140. The maximum Gasteiger partial charge on any atom is 0.332 e. The van der Waals surface area contributed by atoms with E-state index in [2.05, 4.69) is 0 Å². The number of esters is 1. The molecule has 2 aromatic rings. The van der Waals surface area contributed by atoms with Crippen molar-refractivity contribution in [3.05, 3.63) is 71.0 Å². The molecular weight excluding hydrogens is 357 g/mol. The Balaban J connectivity index is 1.87. The smallest absolute Gasteiger partial charge is 0.332 e. The lowest BCUT2D eigenvalue weighted by Gasteiger charge is -2.23. The van der Waals surface area contributed by atoms with Gasteiger partial charge in [0.25, 0.3) is 0 Å². The van der Waals surface area contributed by atoms with E-state index in [0.717, 1.165) is 23.0 Å². The van der Waals surface area contributed by atoms with Crippen LogP contribution in [0.3, 0.4) is 0 Å². The van der Waals surface area contributed by atoms with Crippen LogP contribution in [0.2, 0.25) is 0 Å². The molecule has 0 spiro atoms. The van der Waals surface area contributed by atoms with Gasteiger partial charge >= 0.3 is 5.97 Å². The molecule has 0 bridgehead atoms. The molecule has 0 aromatic heterocycles. The van der Waals surface area contributed by atoms with Gasteiger partial charge in [0, 0.05) is 23.5 Å². The van der Waals surface area contributed by atoms with Gasteiger partial charge in [-0.25, -0.2) is 17.6 Å². The summed E-state index contributed by atoms with van der Waals surface area (Å²) in [6, 6.07) is 10.9. The van der Waals surface area contributed by atoms with Crippen LogP contribution in [0.25, 0.3) is 17.2 Å². The molecule has 2 aliphatic rings. The van der Waals surface area contributed by atoms with Gasteiger partial charge in [0.15, 0.2) is 15.4 Å². The molecule has 0 radical (unpaired) electrons. The summed E-state index contributed by atoms with van der Waals surface area (Å²) in [6.45, 7) is 1.78. The number of sulfone groups is 1. The Hall–Kier alpha value is -2.73. The number of rotatable bonds is 2. The fraction of sp³-hybridized carbons (Fsp3) is 0.150. The zero-order valence-corrected chi connectivity index (χ0v) is 14.9. The number of ether oxygens (including phenoxy) is 1. The topological polar surface area (TPSA) is 60.4 Å². The third kappa shape index (κ3) is 2.49. The van der Waals surface area contributed by atoms with E-state index in [9.17, 15) is 17.6 Å². The standard InChI is InChI=1S/C20H15FO4S/c1-20-17(9-12-3-6-14(7-4-12)26(2,23)24)15-8-5-13(21)10-16(15)18(20)11-19(22)25-20/h3-11H,1-2H3/b17-9+/i2+2. The number of halogens is 1. The zero-order chi connectivity index (χ0) is 18.7. The van der Waals surface area contributed by atoms with Crippen LogP contribution < -0.4 is 0 Å². The monoisotopic (exact) mass is 372 g/mol. The number of fused-ring (bicyclic) bond motifs is 3. The van der Waals surface area contributed by atoms with Crippen LogP contribution in [-0.2, 0) is 19.4 Å². The zero-order valence-electron chi connectivity index (χ0n) is 14.1. The lowest BCUT2D eigenvalue weighted by Crippen LogP contribution is -2.24. The highest BCUT2D eigenvalue weighted by Crippen LogP contribution is 2.53. The van der Waals surface area contributed by atoms with Crippen LogP contribution in [0.15, 0.2) is 53.4 Å². The van der Waals surface area contributed by atoms with E-state index in [1.54, 1.807) is 25.1 Å². The van der Waals surface area contributed by atoms with E-state index in [1.165, 1.54) is 30.3 Å². The van der Waals surface area contributed by atoms with Crippen LogP contribution in [0, 0.1) is 5.82 Å². The van der Waals surface area contributed by atoms with E-state index < -0.39 is 21.4 Å². The summed E-state index contributed by atoms with van der Waals surface area (Å²) in [5, 5.41) is 0. The van der Waals surface area contributed by atoms with Gasteiger partial charge in [-0.15, -0.1) is 0 Å². The van der Waals surface area contributed by atoms with Gasteiger partial charge in [0.05, 0.1) is 4.90 Å². The highest BCUT2D eigenvalue weighted by Gasteiger charge is 2.49. The van der Waals surface area contributed by atoms with Gasteiger partial charge in [-0.2, -0.15) is 0 Å². The van der Waals surface area contributed by atoms with Crippen molar-refractivity contribution in [3.8, 4) is 0 Å². The lowest BCUT2D eigenvalue weighted by atomic mass is 9.92. The van der Waals surface area contributed by atoms with Crippen molar-refractivity contribution in [2.45, 2.75) is 17.4 Å². The van der Waals surface area contributed by atoms with E-state index in [1.807, 2.05) is 6.08 Å². The van der Waals surface area contributed by atoms with Gasteiger partial charge in [-0.05, 0) is 54.0 Å². The third-order valence-corrected chi connectivity index (χ3v) is 5.90. The summed E-state index contributed by atoms with van der Waals surface area (Å²) in [5.41, 5.74) is 2.57. The van der Waals surface area contributed by atoms with Gasteiger partial charge in [-0.1, -0.05) is 18.2 Å². The van der Waals surface area contributed by atoms with Crippen molar-refractivity contribution in [2.75, 3.05) is 6.26 Å². The predicted octanol–water partition coefficient (Wildman–Crippen LogP) is 3.48. The minimum absolute atomic E-state index is 0.229. The van der Waals surface area contributed by atoms with Crippen molar-refractivity contribution >= 4 is 33.0 Å². The maximum atomic E-state index is 13.7. The van der Waals surface area contributed by atoms with Crippen molar-refractivity contribution in [2.24, 2.45) is 0 Å². The molecule has 1 aliphatic carbocycles. The number of carbonyl (C=O) groups excluding carboxylic acids is 1. The van der Waals surface area contributed by atoms with Crippen LogP contribution in [0.5, 0.6) is 0 Å². The van der Waals surface area contributed by atoms with Crippen molar-refractivity contribution in [1.82, 2.24) is 0 Å². The van der Waals surface area contributed by atoms with Crippen molar-refractivity contribution in [1.29, 1.82) is 0 Å². The molecule has 1 unspecified atom stereocenters. The van der Waals surface area contributed by atoms with E-state index in [0.29, 0.717) is 11.1 Å². The fourth-order valence-electron chi connectivity index (χ4n) is 3.50. The van der Waals surface area contributed by atoms with Gasteiger partial charge in [-0.3, -0.25) is 0 Å². The number of hydrogen-bond donors (Lipinski definition) is 0. The summed E-state index contributed by atoms with van der Waals surface area (Å²) in [6.07, 6.45) is 4.38. The first-order valence-corrected chi connectivity index (χ1v) is 9.85. The maximum absolute atomic E-state index is 13.7. The van der Waals surface area contributed by atoms with Crippen molar-refractivity contribution in [3.63, 3.8) is 0 Å². The second-order valence-electron chi connectivity index (χ2n) is 6.60. The van der Waals surface area contributed by atoms with Gasteiger partial charge in [0.2, 0.25) is 0 Å². The van der Waals surface area contributed by atoms with E-state index in [4.69, 9.17) is 4.74 Å². The summed E-state index contributed by atoms with van der Waals surface area (Å²) < 4.78 is 42.5. The number of benzene rings is 2. The molecule has 0 saturated carbocycles. The normalized spacial score (nSPS) is 22.8. The van der Waals surface area contributed by atoms with Crippen LogP contribution in [0.1, 0.15) is 23.6 Å². The second-order valence-corrected chi connectivity index (χ2v) is 8.62. The van der Waals surface area contributed by atoms with Crippen LogP contribution >= 0.6 is 0 Å². The fourth-order valence-corrected chi connectivity index (χ4v) is 4.13. The first-order valence-electron chi connectivity index (χ1n) is 7.96. The molecular formula is C20H15FO4S. The molecule has 6 heteroatoms. The Morgan fingerprint density at radius 1 is 1.12 bits per heavy atom. The Morgan fingerprint density at radius 3 is 2.46 bits per heavy atom. The highest BCUT2D eigenvalue weighted by molar-refractivity contribution is 7.90. The Labute approximate surface area is 150 Å². The molecule has 0 fully saturated rings. The molecule has 1 aliphatic heterocycles. The average molecular weight is 372 g/mol. The van der Waals surface area contributed by atoms with Crippen molar-refractivity contribution < 1.29 is 22.3 Å². The first kappa shape index (κ1) is 16.7. The molecule has 1 atom stereocenters. The predicted molar refractivity (Wildman–Crippen MR) is 96.3 cm³/mol. The largest absolute Gasteiger partial charge is 0.446 e. The third-order valence-electron chi connectivity index (χ3n) is 4.78. The molecule has 2 aromatic carbocycles. The van der Waals surface area contributed by atoms with E-state index >= 15 is 0 Å². The number of hydrogen-bond acceptors (Lipinski definition) is 4. The van der Waals surface area contributed by atoms with E-state index in [-0.39, 0.29) is 10.7 Å². The van der Waals surface area contributed by atoms with Gasteiger partial charge in [0.1, 0.15) is 5.82 Å². The quantitative estimate of drug-likeness (QED) is 0.758. The molecule has 1 heterocycles. The number of carbonyl (C=O) groups is 1. The average Bonchev–Trinajstić information content (AvgIpc) is 2.97. The van der Waals surface area contributed by atoms with Crippen LogP contribution in [-0.4, -0.2) is 26.2 Å². The molecule has 4 nitrogen and oxygen atoms in total. The highest BCUT2D eigenvalue weighted by atomic mass is 32.2. The molecule has 0 amide bonds. The Kier molecular flexibility index (Phi) is 3.46.